The lowest BCUT2D eigenvalue weighted by molar-refractivity contribution is 0.0881. The average molecular weight is 447 g/mol. The number of unbranched alkanes of at least 4 members (excludes halogenated alkanes) is 4. The average Bonchev–Trinajstić information content (AvgIpc) is 2.80. The van der Waals surface area contributed by atoms with Crippen LogP contribution < -0.4 is 0 Å². The lowest BCUT2D eigenvalue weighted by Gasteiger charge is -2.41. The van der Waals surface area contributed by atoms with Crippen LogP contribution in [0.4, 0.5) is 0 Å². The van der Waals surface area contributed by atoms with Crippen LogP contribution in [0, 0.1) is 47.3 Å². The summed E-state index contributed by atoms with van der Waals surface area (Å²) in [6.45, 7) is 19.1. The Labute approximate surface area is 204 Å². The first-order valence-corrected chi connectivity index (χ1v) is 15.2. The number of allylic oxidation sites excluding steroid dienone is 2. The van der Waals surface area contributed by atoms with Crippen molar-refractivity contribution in [2.75, 3.05) is 0 Å². The zero-order valence-electron chi connectivity index (χ0n) is 23.7. The zero-order chi connectivity index (χ0) is 23.9. The second kappa shape index (κ2) is 17.2. The molecule has 0 saturated heterocycles. The number of hydrogen-bond donors (Lipinski definition) is 0. The van der Waals surface area contributed by atoms with E-state index >= 15 is 0 Å². The molecule has 0 nitrogen and oxygen atoms in total. The summed E-state index contributed by atoms with van der Waals surface area (Å²) in [4.78, 5) is 0. The summed E-state index contributed by atoms with van der Waals surface area (Å²) in [5.74, 6) is 7.62. The third-order valence-corrected chi connectivity index (χ3v) is 9.70. The summed E-state index contributed by atoms with van der Waals surface area (Å²) in [5, 5.41) is 0. The van der Waals surface area contributed by atoms with Crippen LogP contribution in [0.2, 0.25) is 0 Å². The van der Waals surface area contributed by atoms with Crippen LogP contribution in [-0.4, -0.2) is 0 Å². The van der Waals surface area contributed by atoms with E-state index in [0.29, 0.717) is 0 Å². The first-order chi connectivity index (χ1) is 15.5. The van der Waals surface area contributed by atoms with Crippen LogP contribution in [-0.2, 0) is 0 Å². The third-order valence-electron chi connectivity index (χ3n) is 9.70. The van der Waals surface area contributed by atoms with Gasteiger partial charge in [-0.25, -0.2) is 0 Å². The molecular weight excluding hydrogens is 384 g/mol. The molecule has 1 saturated carbocycles. The van der Waals surface area contributed by atoms with Crippen molar-refractivity contribution >= 4 is 0 Å². The van der Waals surface area contributed by atoms with Crippen molar-refractivity contribution in [3.63, 3.8) is 0 Å². The van der Waals surface area contributed by atoms with E-state index in [9.17, 15) is 0 Å². The standard InChI is InChI=1S/C16H32.C16H30/c2*1-5-8-9-10-15-12-11-14(6-2)13(4)16(15)7-3/h13-16H,5-12H2,1-4H3;11-16H,5-10H2,1-4H3. The molecule has 0 aliphatic heterocycles. The van der Waals surface area contributed by atoms with Gasteiger partial charge in [0.25, 0.3) is 0 Å². The largest absolute Gasteiger partial charge is 0.0849 e. The van der Waals surface area contributed by atoms with Gasteiger partial charge in [-0.15, -0.1) is 0 Å². The highest BCUT2D eigenvalue weighted by molar-refractivity contribution is 5.03. The molecule has 0 N–H and O–H groups in total. The van der Waals surface area contributed by atoms with Crippen LogP contribution in [0.25, 0.3) is 0 Å². The predicted molar refractivity (Wildman–Crippen MR) is 147 cm³/mol. The van der Waals surface area contributed by atoms with Crippen LogP contribution in [0.3, 0.4) is 0 Å². The zero-order valence-corrected chi connectivity index (χ0v) is 23.7. The molecule has 8 unspecified atom stereocenters. The van der Waals surface area contributed by atoms with Gasteiger partial charge in [0, 0.05) is 0 Å². The van der Waals surface area contributed by atoms with E-state index in [1.165, 1.54) is 89.9 Å². The predicted octanol–water partition coefficient (Wildman–Crippen LogP) is 11.1. The van der Waals surface area contributed by atoms with E-state index in [1.807, 2.05) is 0 Å². The molecule has 8 atom stereocenters. The van der Waals surface area contributed by atoms with Gasteiger partial charge < -0.3 is 0 Å². The van der Waals surface area contributed by atoms with Crippen molar-refractivity contribution in [2.24, 2.45) is 47.3 Å². The second-order valence-electron chi connectivity index (χ2n) is 11.5. The Morgan fingerprint density at radius 2 is 1.09 bits per heavy atom. The lowest BCUT2D eigenvalue weighted by atomic mass is 9.64. The van der Waals surface area contributed by atoms with E-state index < -0.39 is 0 Å². The van der Waals surface area contributed by atoms with Crippen LogP contribution in [0.1, 0.15) is 145 Å². The van der Waals surface area contributed by atoms with Crippen molar-refractivity contribution < 1.29 is 0 Å². The molecule has 0 heterocycles. The third kappa shape index (κ3) is 9.18. The molecule has 0 bridgehead atoms. The summed E-state index contributed by atoms with van der Waals surface area (Å²) in [6, 6.07) is 0. The van der Waals surface area contributed by atoms with Crippen LogP contribution in [0.15, 0.2) is 12.2 Å². The van der Waals surface area contributed by atoms with Crippen molar-refractivity contribution in [3.8, 4) is 0 Å². The van der Waals surface area contributed by atoms with E-state index in [0.717, 1.165) is 47.3 Å². The highest BCUT2D eigenvalue weighted by Crippen LogP contribution is 2.44. The van der Waals surface area contributed by atoms with E-state index in [4.69, 9.17) is 0 Å². The Kier molecular flexibility index (Phi) is 16.0. The molecule has 0 aromatic rings. The van der Waals surface area contributed by atoms with Crippen molar-refractivity contribution in [2.45, 2.75) is 145 Å². The monoisotopic (exact) mass is 446 g/mol. The Balaban J connectivity index is 0.000000320. The molecule has 2 aliphatic carbocycles. The highest BCUT2D eigenvalue weighted by atomic mass is 14.4. The number of rotatable bonds is 12. The normalized spacial score (nSPS) is 34.8. The van der Waals surface area contributed by atoms with Gasteiger partial charge in [-0.1, -0.05) is 132 Å². The fraction of sp³-hybridized carbons (Fsp3) is 0.938. The molecule has 0 aromatic heterocycles. The molecule has 0 spiro atoms. The maximum atomic E-state index is 2.54. The summed E-state index contributed by atoms with van der Waals surface area (Å²) < 4.78 is 0. The highest BCUT2D eigenvalue weighted by Gasteiger charge is 2.34. The number of hydrogen-bond acceptors (Lipinski definition) is 0. The van der Waals surface area contributed by atoms with Gasteiger partial charge in [0.1, 0.15) is 0 Å². The van der Waals surface area contributed by atoms with Gasteiger partial charge in [-0.05, 0) is 73.0 Å². The fourth-order valence-electron chi connectivity index (χ4n) is 7.41. The Morgan fingerprint density at radius 1 is 0.531 bits per heavy atom. The van der Waals surface area contributed by atoms with Gasteiger partial charge in [0.15, 0.2) is 0 Å². The molecule has 0 heteroatoms. The van der Waals surface area contributed by atoms with Gasteiger partial charge in [-0.3, -0.25) is 0 Å². The smallest absolute Gasteiger partial charge is 0.0202 e. The lowest BCUT2D eigenvalue weighted by Crippen LogP contribution is -2.32. The van der Waals surface area contributed by atoms with Crippen LogP contribution in [0.5, 0.6) is 0 Å². The first kappa shape index (κ1) is 29.8. The maximum Gasteiger partial charge on any atom is -0.0202 e. The minimum absolute atomic E-state index is 0.840. The van der Waals surface area contributed by atoms with Crippen molar-refractivity contribution in [1.29, 1.82) is 0 Å². The van der Waals surface area contributed by atoms with E-state index in [-0.39, 0.29) is 0 Å². The maximum absolute atomic E-state index is 2.54. The Morgan fingerprint density at radius 3 is 1.62 bits per heavy atom. The quantitative estimate of drug-likeness (QED) is 0.206. The molecule has 190 valence electrons. The van der Waals surface area contributed by atoms with Crippen molar-refractivity contribution in [1.82, 2.24) is 0 Å². The molecule has 2 rings (SSSR count). The second-order valence-corrected chi connectivity index (χ2v) is 11.5. The Hall–Kier alpha value is -0.260. The summed E-state index contributed by atoms with van der Waals surface area (Å²) in [7, 11) is 0. The fourth-order valence-corrected chi connectivity index (χ4v) is 7.41. The van der Waals surface area contributed by atoms with Crippen molar-refractivity contribution in [3.05, 3.63) is 12.2 Å². The van der Waals surface area contributed by atoms with E-state index in [1.54, 1.807) is 0 Å². The first-order valence-electron chi connectivity index (χ1n) is 15.2. The molecule has 1 fully saturated rings. The molecular formula is C32H62. The molecule has 32 heavy (non-hydrogen) atoms. The minimum atomic E-state index is 0.840. The Bertz CT molecular complexity index is 461. The summed E-state index contributed by atoms with van der Waals surface area (Å²) >= 11 is 0. The van der Waals surface area contributed by atoms with Gasteiger partial charge >= 0.3 is 0 Å². The summed E-state index contributed by atoms with van der Waals surface area (Å²) in [5.41, 5.74) is 0. The molecule has 0 aromatic carbocycles. The summed E-state index contributed by atoms with van der Waals surface area (Å²) in [6.07, 6.45) is 25.0. The SMILES string of the molecule is CCCCCC1C=CC(CC)C(C)C1CC.CCCCCC1CCC(CC)C(C)C1CC. The minimum Gasteiger partial charge on any atom is -0.0849 e. The van der Waals surface area contributed by atoms with Gasteiger partial charge in [-0.2, -0.15) is 0 Å². The van der Waals surface area contributed by atoms with E-state index in [2.05, 4.69) is 67.5 Å². The molecule has 2 aliphatic rings. The van der Waals surface area contributed by atoms with Gasteiger partial charge in [0.2, 0.25) is 0 Å². The topological polar surface area (TPSA) is 0 Å². The van der Waals surface area contributed by atoms with Gasteiger partial charge in [0.05, 0.1) is 0 Å². The van der Waals surface area contributed by atoms with Crippen LogP contribution >= 0.6 is 0 Å². The molecule has 0 amide bonds. The molecule has 0 radical (unpaired) electrons.